The first-order valence-corrected chi connectivity index (χ1v) is 12.4. The molecule has 0 radical (unpaired) electrons. The van der Waals surface area contributed by atoms with Crippen LogP contribution in [0.1, 0.15) is 0 Å². The molecule has 0 saturated heterocycles. The molecule has 1 nitrogen and oxygen atoms in total. The molecule has 84 valence electrons. The maximum atomic E-state index is 3.09. The first-order chi connectivity index (χ1) is 6.73. The van der Waals surface area contributed by atoms with Crippen LogP contribution in [-0.2, 0) is 0 Å². The van der Waals surface area contributed by atoms with Gasteiger partial charge in [-0.2, -0.15) is 0 Å². The number of allylic oxidation sites excluding steroid dienone is 2. The average molecular weight is 243 g/mol. The van der Waals surface area contributed by atoms with Gasteiger partial charge in [-0.15, -0.1) is 24.6 Å². The quantitative estimate of drug-likeness (QED) is 0.402. The van der Waals surface area contributed by atoms with Crippen molar-refractivity contribution >= 4 is 16.5 Å². The van der Waals surface area contributed by atoms with Crippen molar-refractivity contribution in [2.75, 3.05) is 0 Å². The van der Waals surface area contributed by atoms with Crippen LogP contribution in [-0.4, -0.2) is 20.7 Å². The molecule has 1 aliphatic rings. The second kappa shape index (κ2) is 5.53. The summed E-state index contributed by atoms with van der Waals surface area (Å²) in [5, 5.41) is 0. The first-order valence-electron chi connectivity index (χ1n) is 5.49. The zero-order valence-corrected chi connectivity index (χ0v) is 13.8. The molecule has 0 N–H and O–H groups in total. The second-order valence-electron chi connectivity index (χ2n) is 5.94. The zero-order valence-electron chi connectivity index (χ0n) is 11.8. The minimum atomic E-state index is -1.28. The van der Waals surface area contributed by atoms with Crippen molar-refractivity contribution in [1.29, 1.82) is 0 Å². The van der Waals surface area contributed by atoms with Gasteiger partial charge in [-0.05, 0) is 0 Å². The Bertz CT molecular complexity index is 314. The summed E-state index contributed by atoms with van der Waals surface area (Å²) in [6.07, 6.45) is 8.41. The summed E-state index contributed by atoms with van der Waals surface area (Å²) in [7, 11) is -2.56. The van der Waals surface area contributed by atoms with Gasteiger partial charge in [0.15, 0.2) is 0 Å². The predicted molar refractivity (Wildman–Crippen MR) is 73.6 cm³/mol. The topological polar surface area (TPSA) is 3.24 Å². The van der Waals surface area contributed by atoms with E-state index in [1.54, 1.807) is 0 Å². The molecule has 0 saturated carbocycles. The van der Waals surface area contributed by atoms with E-state index in [2.05, 4.69) is 61.7 Å². The molecule has 1 aliphatic carbocycles. The molecule has 0 aromatic rings. The van der Waals surface area contributed by atoms with Crippen LogP contribution < -0.4 is 18.9 Å². The summed E-state index contributed by atoms with van der Waals surface area (Å²) >= 11 is 0. The van der Waals surface area contributed by atoms with Gasteiger partial charge in [-0.25, -0.2) is 0 Å². The predicted octanol–water partition coefficient (Wildman–Crippen LogP) is 0.775. The third kappa shape index (κ3) is 4.09. The van der Waals surface area contributed by atoms with Crippen LogP contribution in [0.5, 0.6) is 0 Å². The van der Waals surface area contributed by atoms with E-state index in [0.29, 0.717) is 0 Å². The van der Waals surface area contributed by atoms with E-state index < -0.39 is 16.5 Å². The molecule has 0 atom stereocenters. The SMILES string of the molecule is C[Si](C)(C)N(C1=CC=C=C[CH-]1)[Si](C)(C)C.[Li+]. The van der Waals surface area contributed by atoms with Gasteiger partial charge in [0.2, 0.25) is 0 Å². The third-order valence-electron chi connectivity index (χ3n) is 2.30. The summed E-state index contributed by atoms with van der Waals surface area (Å²) in [5.74, 6) is 0. The van der Waals surface area contributed by atoms with Gasteiger partial charge in [0.25, 0.3) is 0 Å². The number of hydrogen-bond donors (Lipinski definition) is 0. The largest absolute Gasteiger partial charge is 1.00 e. The van der Waals surface area contributed by atoms with Crippen LogP contribution in [0.4, 0.5) is 0 Å². The second-order valence-corrected chi connectivity index (χ2v) is 16.0. The molecule has 4 heteroatoms. The summed E-state index contributed by atoms with van der Waals surface area (Å²) in [4.78, 5) is 0. The minimum absolute atomic E-state index is 0. The molecule has 0 unspecified atom stereocenters. The van der Waals surface area contributed by atoms with Crippen LogP contribution in [0.2, 0.25) is 39.3 Å². The van der Waals surface area contributed by atoms with Crippen LogP contribution in [0.15, 0.2) is 29.7 Å². The van der Waals surface area contributed by atoms with E-state index in [4.69, 9.17) is 0 Å². The molecule has 16 heavy (non-hydrogen) atoms. The Morgan fingerprint density at radius 3 is 1.88 bits per heavy atom. The maximum absolute atomic E-state index is 3.09. The minimum Gasteiger partial charge on any atom is -0.445 e. The van der Waals surface area contributed by atoms with Gasteiger partial charge < -0.3 is 4.23 Å². The Labute approximate surface area is 115 Å². The summed E-state index contributed by atoms with van der Waals surface area (Å²) in [6, 6.07) is 0. The van der Waals surface area contributed by atoms with E-state index in [1.165, 1.54) is 5.70 Å². The van der Waals surface area contributed by atoms with E-state index in [-0.39, 0.29) is 18.9 Å². The van der Waals surface area contributed by atoms with Gasteiger partial charge in [-0.1, -0.05) is 45.0 Å². The number of rotatable bonds is 3. The normalized spacial score (nSPS) is 15.0. The van der Waals surface area contributed by atoms with Crippen molar-refractivity contribution in [3.63, 3.8) is 0 Å². The van der Waals surface area contributed by atoms with Gasteiger partial charge in [-0.3, -0.25) is 5.73 Å². The molecule has 0 aromatic heterocycles. The van der Waals surface area contributed by atoms with Crippen molar-refractivity contribution in [2.45, 2.75) is 39.3 Å². The van der Waals surface area contributed by atoms with E-state index in [1.807, 2.05) is 12.2 Å². The van der Waals surface area contributed by atoms with E-state index >= 15 is 0 Å². The van der Waals surface area contributed by atoms with Crippen molar-refractivity contribution in [3.8, 4) is 0 Å². The van der Waals surface area contributed by atoms with Gasteiger partial charge >= 0.3 is 18.9 Å². The molecular weight excluding hydrogens is 221 g/mol. The van der Waals surface area contributed by atoms with Crippen molar-refractivity contribution in [1.82, 2.24) is 4.23 Å². The molecule has 0 amide bonds. The Hall–Kier alpha value is -0.0388. The van der Waals surface area contributed by atoms with Crippen LogP contribution in [0.3, 0.4) is 0 Å². The third-order valence-corrected chi connectivity index (χ3v) is 9.53. The number of hydrogen-bond acceptors (Lipinski definition) is 1. The van der Waals surface area contributed by atoms with E-state index in [0.717, 1.165) is 0 Å². The fourth-order valence-corrected chi connectivity index (χ4v) is 12.2. The fraction of sp³-hybridized carbons (Fsp3) is 0.500. The van der Waals surface area contributed by atoms with Crippen molar-refractivity contribution in [2.24, 2.45) is 0 Å². The standard InChI is InChI=1S/C12H22NSi2.Li/c1-14(2,3)13(15(4,5)6)12-10-8-7-9-11-12;/h8-11H,1-6H3;/q-1;+1. The Balaban J connectivity index is 0.00000225. The summed E-state index contributed by atoms with van der Waals surface area (Å²) < 4.78 is 2.72. The Kier molecular flexibility index (Phi) is 5.52. The first kappa shape index (κ1) is 16.0. The maximum Gasteiger partial charge on any atom is 1.00 e. The molecule has 0 fully saturated rings. The van der Waals surface area contributed by atoms with Gasteiger partial charge in [0.05, 0.1) is 0 Å². The smallest absolute Gasteiger partial charge is 0.445 e. The molecule has 1 rings (SSSR count). The molecule has 0 spiro atoms. The Morgan fingerprint density at radius 1 is 1.06 bits per heavy atom. The average Bonchev–Trinajstić information content (AvgIpc) is 2.00. The Morgan fingerprint density at radius 2 is 1.56 bits per heavy atom. The fourth-order valence-electron chi connectivity index (χ4n) is 2.31. The van der Waals surface area contributed by atoms with Gasteiger partial charge in [0, 0.05) is 0 Å². The van der Waals surface area contributed by atoms with Gasteiger partial charge in [0.1, 0.15) is 16.5 Å². The molecule has 0 heterocycles. The van der Waals surface area contributed by atoms with Crippen molar-refractivity contribution in [3.05, 3.63) is 36.1 Å². The van der Waals surface area contributed by atoms with Crippen molar-refractivity contribution < 1.29 is 18.9 Å². The van der Waals surface area contributed by atoms with Crippen LogP contribution in [0, 0.1) is 6.42 Å². The molecular formula is C12H22LiNSi2. The van der Waals surface area contributed by atoms with E-state index in [9.17, 15) is 0 Å². The van der Waals surface area contributed by atoms with Crippen LogP contribution >= 0.6 is 0 Å². The monoisotopic (exact) mass is 243 g/mol. The molecule has 0 bridgehead atoms. The summed E-state index contributed by atoms with van der Waals surface area (Å²) in [6.45, 7) is 14.5. The number of nitrogens with zero attached hydrogens (tertiary/aromatic N) is 1. The molecule has 0 aliphatic heterocycles. The molecule has 0 aromatic carbocycles. The summed E-state index contributed by atoms with van der Waals surface area (Å²) in [5.41, 5.74) is 4.48. The zero-order chi connectivity index (χ0) is 11.7. The van der Waals surface area contributed by atoms with Crippen LogP contribution in [0.25, 0.3) is 0 Å².